The zero-order chi connectivity index (χ0) is 25.2. The predicted octanol–water partition coefficient (Wildman–Crippen LogP) is 3.74. The van der Waals surface area contributed by atoms with Gasteiger partial charge >= 0.3 is 0 Å². The van der Waals surface area contributed by atoms with E-state index < -0.39 is 6.04 Å². The molecule has 1 atom stereocenters. The highest BCUT2D eigenvalue weighted by Gasteiger charge is 2.35. The number of nitrogens with zero attached hydrogens (tertiary/aromatic N) is 3. The second kappa shape index (κ2) is 9.50. The average Bonchev–Trinajstić information content (AvgIpc) is 3.44. The summed E-state index contributed by atoms with van der Waals surface area (Å²) in [6.07, 6.45) is 3.49. The van der Waals surface area contributed by atoms with E-state index in [4.69, 9.17) is 4.74 Å². The number of aromatic nitrogens is 2. The first-order chi connectivity index (χ1) is 17.5. The predicted molar refractivity (Wildman–Crippen MR) is 133 cm³/mol. The molecule has 1 aliphatic rings. The maximum absolute atomic E-state index is 13.4. The van der Waals surface area contributed by atoms with E-state index in [1.807, 2.05) is 42.1 Å². The fourth-order valence-corrected chi connectivity index (χ4v) is 4.43. The number of carbonyl (C=O) groups is 3. The number of fused-ring (bicyclic) bond motifs is 1. The summed E-state index contributed by atoms with van der Waals surface area (Å²) in [5, 5.41) is 3.07. The molecule has 1 aromatic heterocycles. The van der Waals surface area contributed by atoms with Gasteiger partial charge in [-0.05, 0) is 35.9 Å². The second-order valence-electron chi connectivity index (χ2n) is 8.49. The quantitative estimate of drug-likeness (QED) is 0.407. The van der Waals surface area contributed by atoms with Gasteiger partial charge in [0.2, 0.25) is 0 Å². The number of imidazole rings is 1. The van der Waals surface area contributed by atoms with Gasteiger partial charge < -0.3 is 14.6 Å². The van der Waals surface area contributed by atoms with Crippen LogP contribution in [0.1, 0.15) is 54.1 Å². The molecule has 0 saturated carbocycles. The van der Waals surface area contributed by atoms with E-state index in [0.717, 1.165) is 5.56 Å². The van der Waals surface area contributed by atoms with Crippen LogP contribution in [0.25, 0.3) is 0 Å². The number of hydrogen-bond acceptors (Lipinski definition) is 5. The Morgan fingerprint density at radius 2 is 1.67 bits per heavy atom. The number of nitrogens with one attached hydrogen (secondary N) is 1. The minimum Gasteiger partial charge on any atom is -0.496 e. The van der Waals surface area contributed by atoms with E-state index in [9.17, 15) is 14.4 Å². The molecule has 1 aliphatic heterocycles. The van der Waals surface area contributed by atoms with Gasteiger partial charge in [-0.25, -0.2) is 4.98 Å². The number of imide groups is 1. The first-order valence-corrected chi connectivity index (χ1v) is 11.4. The molecule has 0 spiro atoms. The fraction of sp³-hybridized carbons (Fsp3) is 0.143. The van der Waals surface area contributed by atoms with E-state index in [1.165, 1.54) is 4.90 Å². The molecule has 0 bridgehead atoms. The van der Waals surface area contributed by atoms with E-state index in [1.54, 1.807) is 61.8 Å². The van der Waals surface area contributed by atoms with Crippen LogP contribution in [0.2, 0.25) is 0 Å². The van der Waals surface area contributed by atoms with Gasteiger partial charge in [0, 0.05) is 30.6 Å². The lowest BCUT2D eigenvalue weighted by atomic mass is 10.0. The van der Waals surface area contributed by atoms with Crippen LogP contribution in [0.4, 0.5) is 0 Å². The van der Waals surface area contributed by atoms with E-state index in [-0.39, 0.29) is 24.3 Å². The van der Waals surface area contributed by atoms with Crippen molar-refractivity contribution in [2.24, 2.45) is 7.05 Å². The molecule has 2 heterocycles. The third-order valence-corrected chi connectivity index (χ3v) is 6.25. The Morgan fingerprint density at radius 1 is 0.972 bits per heavy atom. The topological polar surface area (TPSA) is 93.5 Å². The lowest BCUT2D eigenvalue weighted by Gasteiger charge is -2.21. The minimum atomic E-state index is -0.562. The Balaban J connectivity index is 1.40. The van der Waals surface area contributed by atoms with Crippen molar-refractivity contribution >= 4 is 17.7 Å². The number of methoxy groups -OCH3 is 1. The van der Waals surface area contributed by atoms with Crippen molar-refractivity contribution in [3.8, 4) is 5.75 Å². The van der Waals surface area contributed by atoms with E-state index >= 15 is 0 Å². The molecule has 0 saturated heterocycles. The summed E-state index contributed by atoms with van der Waals surface area (Å²) in [6.45, 7) is 0.0722. The Morgan fingerprint density at radius 3 is 2.33 bits per heavy atom. The van der Waals surface area contributed by atoms with Gasteiger partial charge in [-0.3, -0.25) is 19.3 Å². The van der Waals surface area contributed by atoms with Crippen molar-refractivity contribution in [2.45, 2.75) is 12.6 Å². The number of ether oxygens (including phenoxy) is 1. The summed E-state index contributed by atoms with van der Waals surface area (Å²) in [6, 6.07) is 20.6. The Bertz CT molecular complexity index is 1440. The first-order valence-electron chi connectivity index (χ1n) is 11.4. The van der Waals surface area contributed by atoms with Gasteiger partial charge in [0.15, 0.2) is 0 Å². The van der Waals surface area contributed by atoms with Crippen molar-refractivity contribution in [3.63, 3.8) is 0 Å². The van der Waals surface area contributed by atoms with Crippen LogP contribution in [0, 0.1) is 0 Å². The molecule has 36 heavy (non-hydrogen) atoms. The Labute approximate surface area is 208 Å². The van der Waals surface area contributed by atoms with Crippen molar-refractivity contribution in [2.75, 3.05) is 7.11 Å². The minimum absolute atomic E-state index is 0.0722. The van der Waals surface area contributed by atoms with E-state index in [2.05, 4.69) is 10.3 Å². The Kier molecular flexibility index (Phi) is 6.08. The Hall–Kier alpha value is -4.72. The standard InChI is InChI=1S/C28H24N4O4/c1-31-15-14-29-25(31)24(22-12-5-6-13-23(22)36-2)30-26(33)19-9-7-8-18(16-19)17-32-27(34)20-10-3-4-11-21(20)28(32)35/h3-16,24H,17H2,1-2H3,(H,30,33). The molecular formula is C28H24N4O4. The number of hydrogen-bond donors (Lipinski definition) is 1. The molecule has 8 nitrogen and oxygen atoms in total. The number of benzene rings is 3. The van der Waals surface area contributed by atoms with Crippen LogP contribution in [0.5, 0.6) is 5.75 Å². The van der Waals surface area contributed by atoms with Crippen LogP contribution in [-0.2, 0) is 13.6 Å². The molecule has 0 aliphatic carbocycles. The molecule has 0 fully saturated rings. The normalized spacial score (nSPS) is 13.4. The summed E-state index contributed by atoms with van der Waals surface area (Å²) >= 11 is 0. The molecule has 5 rings (SSSR count). The summed E-state index contributed by atoms with van der Waals surface area (Å²) in [5.41, 5.74) is 2.63. The lowest BCUT2D eigenvalue weighted by molar-refractivity contribution is 0.0642. The van der Waals surface area contributed by atoms with E-state index in [0.29, 0.717) is 33.8 Å². The summed E-state index contributed by atoms with van der Waals surface area (Å²) in [4.78, 5) is 44.6. The number of aryl methyl sites for hydroxylation is 1. The van der Waals surface area contributed by atoms with Crippen LogP contribution >= 0.6 is 0 Å². The number of para-hydroxylation sites is 1. The van der Waals surface area contributed by atoms with Crippen molar-refractivity contribution in [1.29, 1.82) is 0 Å². The number of rotatable bonds is 7. The average molecular weight is 481 g/mol. The zero-order valence-corrected chi connectivity index (χ0v) is 19.8. The monoisotopic (exact) mass is 480 g/mol. The largest absolute Gasteiger partial charge is 0.496 e. The summed E-state index contributed by atoms with van der Waals surface area (Å²) < 4.78 is 7.38. The molecular weight excluding hydrogens is 456 g/mol. The SMILES string of the molecule is COc1ccccc1C(NC(=O)c1cccc(CN2C(=O)c3ccccc3C2=O)c1)c1nccn1C. The third kappa shape index (κ3) is 4.13. The number of amides is 3. The molecule has 1 N–H and O–H groups in total. The number of carbonyl (C=O) groups excluding carboxylic acids is 3. The summed E-state index contributed by atoms with van der Waals surface area (Å²) in [7, 11) is 3.44. The maximum Gasteiger partial charge on any atom is 0.261 e. The van der Waals surface area contributed by atoms with Gasteiger partial charge in [0.1, 0.15) is 17.6 Å². The van der Waals surface area contributed by atoms with Crippen molar-refractivity contribution in [1.82, 2.24) is 19.8 Å². The second-order valence-corrected chi connectivity index (χ2v) is 8.49. The van der Waals surface area contributed by atoms with Crippen LogP contribution < -0.4 is 10.1 Å². The van der Waals surface area contributed by atoms with Gasteiger partial charge in [0.05, 0.1) is 24.8 Å². The fourth-order valence-electron chi connectivity index (χ4n) is 4.43. The summed E-state index contributed by atoms with van der Waals surface area (Å²) in [5.74, 6) is 0.284. The molecule has 1 unspecified atom stereocenters. The highest BCUT2D eigenvalue weighted by molar-refractivity contribution is 6.21. The molecule has 4 aromatic rings. The van der Waals surface area contributed by atoms with Gasteiger partial charge in [-0.2, -0.15) is 0 Å². The van der Waals surface area contributed by atoms with Crippen LogP contribution in [-0.4, -0.2) is 39.3 Å². The van der Waals surface area contributed by atoms with Crippen molar-refractivity contribution < 1.29 is 19.1 Å². The maximum atomic E-state index is 13.4. The van der Waals surface area contributed by atoms with Gasteiger partial charge in [0.25, 0.3) is 17.7 Å². The highest BCUT2D eigenvalue weighted by atomic mass is 16.5. The van der Waals surface area contributed by atoms with Gasteiger partial charge in [-0.1, -0.05) is 42.5 Å². The lowest BCUT2D eigenvalue weighted by Crippen LogP contribution is -2.32. The molecule has 3 aromatic carbocycles. The van der Waals surface area contributed by atoms with Gasteiger partial charge in [-0.15, -0.1) is 0 Å². The highest BCUT2D eigenvalue weighted by Crippen LogP contribution is 2.29. The third-order valence-electron chi connectivity index (χ3n) is 6.25. The van der Waals surface area contributed by atoms with Crippen LogP contribution in [0.15, 0.2) is 85.2 Å². The molecule has 3 amide bonds. The van der Waals surface area contributed by atoms with Crippen LogP contribution in [0.3, 0.4) is 0 Å². The molecule has 180 valence electrons. The molecule has 8 heteroatoms. The molecule has 0 radical (unpaired) electrons. The first kappa shape index (κ1) is 23.0. The van der Waals surface area contributed by atoms with Crippen molar-refractivity contribution in [3.05, 3.63) is 119 Å². The smallest absolute Gasteiger partial charge is 0.261 e. The zero-order valence-electron chi connectivity index (χ0n) is 19.8.